The van der Waals surface area contributed by atoms with Crippen LogP contribution in [0.5, 0.6) is 0 Å². The molecule has 1 aromatic rings. The molecule has 1 amide bonds. The van der Waals surface area contributed by atoms with Gasteiger partial charge in [0.2, 0.25) is 11.9 Å². The molecule has 26 heavy (non-hydrogen) atoms. The summed E-state index contributed by atoms with van der Waals surface area (Å²) in [5.74, 6) is -4.09. The van der Waals surface area contributed by atoms with Crippen molar-refractivity contribution in [3.63, 3.8) is 0 Å². The van der Waals surface area contributed by atoms with Gasteiger partial charge in [0.15, 0.2) is 5.96 Å². The maximum Gasteiger partial charge on any atom is 0.338 e. The molecular formula is C17H24N4O5. The van der Waals surface area contributed by atoms with E-state index in [4.69, 9.17) is 21.4 Å². The molecule has 0 fully saturated rings. The normalized spacial score (nSPS) is 11.0. The molecule has 0 saturated carbocycles. The number of carboxylic acid groups (broad SMARTS) is 2. The molecule has 0 aliphatic rings. The van der Waals surface area contributed by atoms with Crippen LogP contribution in [-0.2, 0) is 20.8 Å². The van der Waals surface area contributed by atoms with E-state index in [1.807, 2.05) is 0 Å². The summed E-state index contributed by atoms with van der Waals surface area (Å²) >= 11 is 0. The molecule has 9 heteroatoms. The van der Waals surface area contributed by atoms with E-state index < -0.39 is 29.3 Å². The van der Waals surface area contributed by atoms with Crippen molar-refractivity contribution in [1.29, 1.82) is 5.41 Å². The highest BCUT2D eigenvalue weighted by atomic mass is 16.4. The number of carbonyl (C=O) groups excluding carboxylic acids is 1. The average molecular weight is 364 g/mol. The topological polar surface area (TPSA) is 166 Å². The van der Waals surface area contributed by atoms with Crippen LogP contribution in [-0.4, -0.2) is 40.1 Å². The van der Waals surface area contributed by atoms with E-state index in [1.165, 1.54) is 0 Å². The van der Waals surface area contributed by atoms with Crippen LogP contribution >= 0.6 is 0 Å². The van der Waals surface area contributed by atoms with Crippen molar-refractivity contribution in [3.05, 3.63) is 29.8 Å². The highest BCUT2D eigenvalue weighted by molar-refractivity contribution is 6.01. The third kappa shape index (κ3) is 5.20. The number of nitrogens with one attached hydrogen (secondary N) is 3. The number of anilines is 1. The van der Waals surface area contributed by atoms with Gasteiger partial charge in [0.1, 0.15) is 0 Å². The molecule has 0 bridgehead atoms. The molecule has 142 valence electrons. The van der Waals surface area contributed by atoms with Gasteiger partial charge in [-0.2, -0.15) is 0 Å². The van der Waals surface area contributed by atoms with Crippen LogP contribution in [0.25, 0.3) is 0 Å². The lowest BCUT2D eigenvalue weighted by atomic mass is 9.76. The summed E-state index contributed by atoms with van der Waals surface area (Å²) in [6.45, 7) is 3.58. The number of carboxylic acids is 2. The predicted molar refractivity (Wildman–Crippen MR) is 95.9 cm³/mol. The van der Waals surface area contributed by atoms with Crippen LogP contribution in [0.3, 0.4) is 0 Å². The zero-order valence-corrected chi connectivity index (χ0v) is 14.7. The molecular weight excluding hydrogens is 340 g/mol. The van der Waals surface area contributed by atoms with Crippen molar-refractivity contribution in [1.82, 2.24) is 5.32 Å². The zero-order valence-electron chi connectivity index (χ0n) is 14.7. The maximum atomic E-state index is 12.7. The number of amides is 1. The first-order valence-corrected chi connectivity index (χ1v) is 8.11. The monoisotopic (exact) mass is 364 g/mol. The SMILES string of the molecule is CCC(CC)(Cc1cccc(NC(=N)N)c1)C(=O)NC(C(=O)O)C(=O)O. The fraction of sp³-hybridized carbons (Fsp3) is 0.412. The van der Waals surface area contributed by atoms with Crippen molar-refractivity contribution >= 4 is 29.5 Å². The first-order chi connectivity index (χ1) is 12.1. The second kappa shape index (κ2) is 8.84. The first kappa shape index (κ1) is 20.9. The fourth-order valence-corrected chi connectivity index (χ4v) is 2.72. The largest absolute Gasteiger partial charge is 0.479 e. The van der Waals surface area contributed by atoms with Crippen LogP contribution in [0.4, 0.5) is 5.69 Å². The van der Waals surface area contributed by atoms with E-state index in [0.29, 0.717) is 18.5 Å². The summed E-state index contributed by atoms with van der Waals surface area (Å²) in [4.78, 5) is 34.8. The van der Waals surface area contributed by atoms with Gasteiger partial charge in [0, 0.05) is 5.69 Å². The Bertz CT molecular complexity index is 686. The summed E-state index contributed by atoms with van der Waals surface area (Å²) in [6.07, 6.45) is 1.07. The van der Waals surface area contributed by atoms with Crippen molar-refractivity contribution in [3.8, 4) is 0 Å². The number of nitrogens with two attached hydrogens (primary N) is 1. The fourth-order valence-electron chi connectivity index (χ4n) is 2.72. The number of aliphatic carboxylic acids is 2. The zero-order chi connectivity index (χ0) is 19.9. The van der Waals surface area contributed by atoms with Crippen molar-refractivity contribution in [2.24, 2.45) is 11.1 Å². The molecule has 0 aromatic heterocycles. The van der Waals surface area contributed by atoms with Crippen molar-refractivity contribution < 1.29 is 24.6 Å². The summed E-state index contributed by atoms with van der Waals surface area (Å²) < 4.78 is 0. The molecule has 0 radical (unpaired) electrons. The van der Waals surface area contributed by atoms with E-state index in [2.05, 4.69) is 10.6 Å². The molecule has 1 aromatic carbocycles. The maximum absolute atomic E-state index is 12.7. The molecule has 0 unspecified atom stereocenters. The summed E-state index contributed by atoms with van der Waals surface area (Å²) in [7, 11) is 0. The minimum absolute atomic E-state index is 0.220. The Balaban J connectivity index is 3.09. The Morgan fingerprint density at radius 2 is 1.77 bits per heavy atom. The van der Waals surface area contributed by atoms with Crippen LogP contribution < -0.4 is 16.4 Å². The molecule has 0 atom stereocenters. The van der Waals surface area contributed by atoms with Gasteiger partial charge in [-0.05, 0) is 37.0 Å². The van der Waals surface area contributed by atoms with Crippen LogP contribution in [0.15, 0.2) is 24.3 Å². The molecule has 0 heterocycles. The van der Waals surface area contributed by atoms with Gasteiger partial charge in [-0.15, -0.1) is 0 Å². The van der Waals surface area contributed by atoms with E-state index in [9.17, 15) is 14.4 Å². The summed E-state index contributed by atoms with van der Waals surface area (Å²) in [5.41, 5.74) is 5.71. The van der Waals surface area contributed by atoms with Gasteiger partial charge >= 0.3 is 11.9 Å². The van der Waals surface area contributed by atoms with Crippen LogP contribution in [0.2, 0.25) is 0 Å². The Hall–Kier alpha value is -3.10. The summed E-state index contributed by atoms with van der Waals surface area (Å²) in [6, 6.07) is 5.00. The molecule has 7 N–H and O–H groups in total. The number of rotatable bonds is 9. The van der Waals surface area contributed by atoms with E-state index in [0.717, 1.165) is 5.56 Å². The van der Waals surface area contributed by atoms with Crippen LogP contribution in [0, 0.1) is 10.8 Å². The molecule has 0 aliphatic heterocycles. The Morgan fingerprint density at radius 1 is 1.19 bits per heavy atom. The second-order valence-corrected chi connectivity index (χ2v) is 5.99. The molecule has 1 rings (SSSR count). The molecule has 9 nitrogen and oxygen atoms in total. The quantitative estimate of drug-likeness (QED) is 0.216. The lowest BCUT2D eigenvalue weighted by Gasteiger charge is -2.31. The van der Waals surface area contributed by atoms with Gasteiger partial charge in [0.05, 0.1) is 5.41 Å². The van der Waals surface area contributed by atoms with E-state index in [1.54, 1.807) is 38.1 Å². The highest BCUT2D eigenvalue weighted by Crippen LogP contribution is 2.32. The number of benzene rings is 1. The standard InChI is InChI=1S/C17H24N4O5/c1-3-17(4-2,15(26)21-12(13(22)23)14(24)25)9-10-6-5-7-11(8-10)20-16(18)19/h5-8,12H,3-4,9H2,1-2H3,(H,21,26)(H,22,23)(H,24,25)(H4,18,19,20). The average Bonchev–Trinajstić information content (AvgIpc) is 2.56. The highest BCUT2D eigenvalue weighted by Gasteiger charge is 2.39. The lowest BCUT2D eigenvalue weighted by molar-refractivity contribution is -0.154. The third-order valence-electron chi connectivity index (χ3n) is 4.35. The van der Waals surface area contributed by atoms with Crippen molar-refractivity contribution in [2.45, 2.75) is 39.2 Å². The summed E-state index contributed by atoms with van der Waals surface area (Å²) in [5, 5.41) is 30.0. The number of guanidine groups is 1. The molecule has 0 saturated heterocycles. The predicted octanol–water partition coefficient (Wildman–Crippen LogP) is 0.995. The minimum Gasteiger partial charge on any atom is -0.479 e. The van der Waals surface area contributed by atoms with Gasteiger partial charge in [-0.3, -0.25) is 10.2 Å². The van der Waals surface area contributed by atoms with E-state index in [-0.39, 0.29) is 12.4 Å². The minimum atomic E-state index is -1.99. The Kier molecular flexibility index (Phi) is 7.12. The van der Waals surface area contributed by atoms with E-state index >= 15 is 0 Å². The number of hydrogen-bond donors (Lipinski definition) is 6. The van der Waals surface area contributed by atoms with Gasteiger partial charge in [-0.1, -0.05) is 26.0 Å². The Labute approximate surface area is 151 Å². The lowest BCUT2D eigenvalue weighted by Crippen LogP contribution is -2.52. The molecule has 0 aliphatic carbocycles. The van der Waals surface area contributed by atoms with Crippen LogP contribution in [0.1, 0.15) is 32.3 Å². The van der Waals surface area contributed by atoms with Gasteiger partial charge in [-0.25, -0.2) is 9.59 Å². The second-order valence-electron chi connectivity index (χ2n) is 5.99. The van der Waals surface area contributed by atoms with Crippen molar-refractivity contribution in [2.75, 3.05) is 5.32 Å². The van der Waals surface area contributed by atoms with Gasteiger partial charge < -0.3 is 26.6 Å². The number of carbonyl (C=O) groups is 3. The third-order valence-corrected chi connectivity index (χ3v) is 4.35. The molecule has 0 spiro atoms. The Morgan fingerprint density at radius 3 is 2.23 bits per heavy atom. The number of hydrogen-bond acceptors (Lipinski definition) is 4. The van der Waals surface area contributed by atoms with Gasteiger partial charge in [0.25, 0.3) is 0 Å². The smallest absolute Gasteiger partial charge is 0.338 e. The first-order valence-electron chi connectivity index (χ1n) is 8.11.